The van der Waals surface area contributed by atoms with Gasteiger partial charge in [0.1, 0.15) is 5.75 Å². The van der Waals surface area contributed by atoms with Crippen LogP contribution < -0.4 is 4.74 Å². The Kier molecular flexibility index (Phi) is 6.18. The van der Waals surface area contributed by atoms with Crippen LogP contribution >= 0.6 is 27.7 Å². The molecule has 0 aliphatic rings. The molecule has 1 aromatic rings. The molecule has 0 radical (unpaired) electrons. The van der Waals surface area contributed by atoms with Gasteiger partial charge in [-0.2, -0.15) is 11.8 Å². The van der Waals surface area contributed by atoms with Gasteiger partial charge in [-0.25, -0.2) is 0 Å². The van der Waals surface area contributed by atoms with Crippen molar-refractivity contribution >= 4 is 27.7 Å². The zero-order valence-corrected chi connectivity index (χ0v) is 11.6. The molecule has 0 aliphatic heterocycles. The highest BCUT2D eigenvalue weighted by molar-refractivity contribution is 9.10. The molecule has 0 amide bonds. The molecule has 0 unspecified atom stereocenters. The number of halogens is 1. The number of hydrogen-bond acceptors (Lipinski definition) is 2. The Morgan fingerprint density at radius 3 is 2.60 bits per heavy atom. The lowest BCUT2D eigenvalue weighted by atomic mass is 10.3. The fourth-order valence-corrected chi connectivity index (χ4v) is 2.14. The summed E-state index contributed by atoms with van der Waals surface area (Å²) in [5, 5.41) is 0.735. The molecule has 1 nitrogen and oxygen atoms in total. The summed E-state index contributed by atoms with van der Waals surface area (Å²) in [5.41, 5.74) is 0. The van der Waals surface area contributed by atoms with Crippen LogP contribution in [0.4, 0.5) is 0 Å². The monoisotopic (exact) mass is 288 g/mol. The standard InChI is InChI=1S/C12H17BrOS/c1-3-10(2)15-9-8-14-12-6-4-11(13)5-7-12/h4-7,10H,3,8-9H2,1-2H3/t10-/m1/s1. The molecule has 15 heavy (non-hydrogen) atoms. The first-order valence-electron chi connectivity index (χ1n) is 5.22. The van der Waals surface area contributed by atoms with Crippen molar-refractivity contribution in [2.24, 2.45) is 0 Å². The van der Waals surface area contributed by atoms with Gasteiger partial charge in [0.15, 0.2) is 0 Å². The van der Waals surface area contributed by atoms with Gasteiger partial charge >= 0.3 is 0 Å². The van der Waals surface area contributed by atoms with E-state index in [-0.39, 0.29) is 0 Å². The van der Waals surface area contributed by atoms with Crippen LogP contribution in [0, 0.1) is 0 Å². The van der Waals surface area contributed by atoms with Crippen LogP contribution in [0.2, 0.25) is 0 Å². The smallest absolute Gasteiger partial charge is 0.119 e. The van der Waals surface area contributed by atoms with Crippen LogP contribution in [0.15, 0.2) is 28.7 Å². The van der Waals surface area contributed by atoms with E-state index in [1.54, 1.807) is 0 Å². The van der Waals surface area contributed by atoms with Crippen LogP contribution in [0.1, 0.15) is 20.3 Å². The van der Waals surface area contributed by atoms with Gasteiger partial charge in [-0.3, -0.25) is 0 Å². The Morgan fingerprint density at radius 1 is 1.33 bits per heavy atom. The van der Waals surface area contributed by atoms with Crippen molar-refractivity contribution in [2.75, 3.05) is 12.4 Å². The summed E-state index contributed by atoms with van der Waals surface area (Å²) in [6, 6.07) is 7.96. The largest absolute Gasteiger partial charge is 0.493 e. The minimum absolute atomic E-state index is 0.735. The minimum Gasteiger partial charge on any atom is -0.493 e. The maximum absolute atomic E-state index is 5.61. The Labute approximate surface area is 105 Å². The second-order valence-electron chi connectivity index (χ2n) is 3.39. The summed E-state index contributed by atoms with van der Waals surface area (Å²) < 4.78 is 6.70. The lowest BCUT2D eigenvalue weighted by Gasteiger charge is -2.09. The van der Waals surface area contributed by atoms with Crippen LogP contribution in [-0.4, -0.2) is 17.6 Å². The van der Waals surface area contributed by atoms with Gasteiger partial charge < -0.3 is 4.74 Å². The quantitative estimate of drug-likeness (QED) is 0.720. The molecule has 3 heteroatoms. The van der Waals surface area contributed by atoms with E-state index < -0.39 is 0 Å². The molecule has 1 rings (SSSR count). The molecule has 0 spiro atoms. The Hall–Kier alpha value is -0.150. The maximum atomic E-state index is 5.61. The van der Waals surface area contributed by atoms with Gasteiger partial charge in [0, 0.05) is 15.5 Å². The number of thioether (sulfide) groups is 1. The van der Waals surface area contributed by atoms with E-state index in [1.807, 2.05) is 36.0 Å². The first kappa shape index (κ1) is 12.9. The van der Waals surface area contributed by atoms with Crippen LogP contribution in [0.3, 0.4) is 0 Å². The highest BCUT2D eigenvalue weighted by Gasteiger charge is 1.99. The highest BCUT2D eigenvalue weighted by atomic mass is 79.9. The van der Waals surface area contributed by atoms with E-state index in [9.17, 15) is 0 Å². The zero-order valence-electron chi connectivity index (χ0n) is 9.20. The Morgan fingerprint density at radius 2 is 2.00 bits per heavy atom. The van der Waals surface area contributed by atoms with Gasteiger partial charge in [0.2, 0.25) is 0 Å². The van der Waals surface area contributed by atoms with Crippen molar-refractivity contribution in [3.05, 3.63) is 28.7 Å². The third-order valence-corrected chi connectivity index (χ3v) is 3.98. The first-order chi connectivity index (χ1) is 7.22. The summed E-state index contributed by atoms with van der Waals surface area (Å²) >= 11 is 5.36. The molecule has 0 fully saturated rings. The average molecular weight is 289 g/mol. The molecule has 1 aromatic carbocycles. The molecule has 0 aromatic heterocycles. The molecule has 0 saturated carbocycles. The SMILES string of the molecule is CC[C@@H](C)SCCOc1ccc(Br)cc1. The molecule has 0 aliphatic carbocycles. The molecule has 84 valence electrons. The predicted molar refractivity (Wildman–Crippen MR) is 71.8 cm³/mol. The van der Waals surface area contributed by atoms with Crippen LogP contribution in [-0.2, 0) is 0 Å². The number of benzene rings is 1. The third-order valence-electron chi connectivity index (χ3n) is 2.14. The molecule has 1 atom stereocenters. The Bertz CT molecular complexity index is 273. The molecule has 0 bridgehead atoms. The summed E-state index contributed by atoms with van der Waals surface area (Å²) in [6.07, 6.45) is 1.23. The van der Waals surface area contributed by atoms with E-state index in [2.05, 4.69) is 29.8 Å². The van der Waals surface area contributed by atoms with Crippen molar-refractivity contribution in [3.63, 3.8) is 0 Å². The van der Waals surface area contributed by atoms with Crippen molar-refractivity contribution in [3.8, 4) is 5.75 Å². The highest BCUT2D eigenvalue weighted by Crippen LogP contribution is 2.17. The van der Waals surface area contributed by atoms with E-state index in [0.717, 1.165) is 27.8 Å². The normalized spacial score (nSPS) is 12.5. The van der Waals surface area contributed by atoms with E-state index in [1.165, 1.54) is 6.42 Å². The summed E-state index contributed by atoms with van der Waals surface area (Å²) in [6.45, 7) is 5.26. The van der Waals surface area contributed by atoms with Crippen molar-refractivity contribution in [2.45, 2.75) is 25.5 Å². The summed E-state index contributed by atoms with van der Waals surface area (Å²) in [7, 11) is 0. The molecular formula is C12H17BrOS. The fraction of sp³-hybridized carbons (Fsp3) is 0.500. The summed E-state index contributed by atoms with van der Waals surface area (Å²) in [4.78, 5) is 0. The van der Waals surface area contributed by atoms with Gasteiger partial charge in [0.25, 0.3) is 0 Å². The van der Waals surface area contributed by atoms with E-state index in [0.29, 0.717) is 0 Å². The maximum Gasteiger partial charge on any atom is 0.119 e. The van der Waals surface area contributed by atoms with E-state index >= 15 is 0 Å². The predicted octanol–water partition coefficient (Wildman–Crippen LogP) is 4.36. The third kappa shape index (κ3) is 5.47. The fourth-order valence-electron chi connectivity index (χ4n) is 1.06. The van der Waals surface area contributed by atoms with Crippen LogP contribution in [0.5, 0.6) is 5.75 Å². The van der Waals surface area contributed by atoms with Crippen molar-refractivity contribution < 1.29 is 4.74 Å². The second-order valence-corrected chi connectivity index (χ2v) is 5.85. The first-order valence-corrected chi connectivity index (χ1v) is 7.06. The number of rotatable bonds is 6. The Balaban J connectivity index is 2.17. The van der Waals surface area contributed by atoms with Gasteiger partial charge in [-0.1, -0.05) is 29.8 Å². The molecule has 0 N–H and O–H groups in total. The average Bonchev–Trinajstić information content (AvgIpc) is 2.26. The van der Waals surface area contributed by atoms with Crippen molar-refractivity contribution in [1.82, 2.24) is 0 Å². The lowest BCUT2D eigenvalue weighted by Crippen LogP contribution is -2.03. The van der Waals surface area contributed by atoms with Crippen molar-refractivity contribution in [1.29, 1.82) is 0 Å². The van der Waals surface area contributed by atoms with Crippen LogP contribution in [0.25, 0.3) is 0 Å². The minimum atomic E-state index is 0.735. The van der Waals surface area contributed by atoms with Gasteiger partial charge in [-0.15, -0.1) is 0 Å². The number of ether oxygens (including phenoxy) is 1. The molecular weight excluding hydrogens is 272 g/mol. The van der Waals surface area contributed by atoms with E-state index in [4.69, 9.17) is 4.74 Å². The summed E-state index contributed by atoms with van der Waals surface area (Å²) in [5.74, 6) is 2.01. The van der Waals surface area contributed by atoms with Gasteiger partial charge in [0.05, 0.1) is 6.61 Å². The topological polar surface area (TPSA) is 9.23 Å². The second kappa shape index (κ2) is 7.18. The molecule has 0 saturated heterocycles. The zero-order chi connectivity index (χ0) is 11.1. The molecule has 0 heterocycles. The number of hydrogen-bond donors (Lipinski definition) is 0. The van der Waals surface area contributed by atoms with Gasteiger partial charge in [-0.05, 0) is 30.7 Å². The lowest BCUT2D eigenvalue weighted by molar-refractivity contribution is 0.344.